The second kappa shape index (κ2) is 7.41. The van der Waals surface area contributed by atoms with Crippen molar-refractivity contribution in [3.05, 3.63) is 14.7 Å². The van der Waals surface area contributed by atoms with E-state index in [1.165, 1.54) is 30.2 Å². The molecule has 0 fully saturated rings. The summed E-state index contributed by atoms with van der Waals surface area (Å²) in [6.45, 7) is 0. The van der Waals surface area contributed by atoms with E-state index in [0.29, 0.717) is 10.6 Å². The van der Waals surface area contributed by atoms with Gasteiger partial charge in [0.15, 0.2) is 0 Å². The first-order valence-electron chi connectivity index (χ1n) is 4.70. The number of hydrogen-bond donors (Lipinski definition) is 1. The van der Waals surface area contributed by atoms with Crippen LogP contribution in [0.2, 0.25) is 0 Å². The number of ether oxygens (including phenoxy) is 1. The Morgan fingerprint density at radius 2 is 2.39 bits per heavy atom. The zero-order chi connectivity index (χ0) is 13.5. The minimum atomic E-state index is -0.495. The van der Waals surface area contributed by atoms with Crippen LogP contribution in [0, 0.1) is 11.3 Å². The summed E-state index contributed by atoms with van der Waals surface area (Å²) in [6, 6.07) is 3.58. The lowest BCUT2D eigenvalue weighted by atomic mass is 10.4. The van der Waals surface area contributed by atoms with Crippen molar-refractivity contribution < 1.29 is 14.3 Å². The van der Waals surface area contributed by atoms with Crippen molar-refractivity contribution in [1.29, 1.82) is 5.26 Å². The van der Waals surface area contributed by atoms with Crippen LogP contribution in [-0.2, 0) is 9.53 Å². The summed E-state index contributed by atoms with van der Waals surface area (Å²) in [6.07, 6.45) is 0. The van der Waals surface area contributed by atoms with Crippen LogP contribution in [-0.4, -0.2) is 30.5 Å². The van der Waals surface area contributed by atoms with Gasteiger partial charge < -0.3 is 10.1 Å². The molecule has 1 rings (SSSR count). The Morgan fingerprint density at radius 3 is 3.00 bits per heavy atom. The van der Waals surface area contributed by atoms with Crippen molar-refractivity contribution in [2.45, 2.75) is 0 Å². The molecule has 0 atom stereocenters. The number of esters is 1. The van der Waals surface area contributed by atoms with Gasteiger partial charge in [-0.2, -0.15) is 5.26 Å². The van der Waals surface area contributed by atoms with Gasteiger partial charge in [-0.3, -0.25) is 4.79 Å². The molecule has 8 heteroatoms. The summed E-state index contributed by atoms with van der Waals surface area (Å²) in [7, 11) is 1.28. The van der Waals surface area contributed by atoms with E-state index < -0.39 is 5.97 Å². The van der Waals surface area contributed by atoms with E-state index in [2.05, 4.69) is 26.0 Å². The molecule has 0 aliphatic carbocycles. The molecule has 5 nitrogen and oxygen atoms in total. The average molecular weight is 349 g/mol. The van der Waals surface area contributed by atoms with Gasteiger partial charge in [0, 0.05) is 0 Å². The maximum atomic E-state index is 11.6. The van der Waals surface area contributed by atoms with E-state index in [1.807, 2.05) is 6.07 Å². The van der Waals surface area contributed by atoms with Gasteiger partial charge >= 0.3 is 5.97 Å². The van der Waals surface area contributed by atoms with Gasteiger partial charge in [0.2, 0.25) is 5.91 Å². The fourth-order valence-electron chi connectivity index (χ4n) is 1.07. The highest BCUT2D eigenvalue weighted by Crippen LogP contribution is 2.31. The molecular weight excluding hydrogens is 340 g/mol. The van der Waals surface area contributed by atoms with E-state index in [1.54, 1.807) is 6.07 Å². The van der Waals surface area contributed by atoms with Crippen LogP contribution in [0.25, 0.3) is 0 Å². The highest BCUT2D eigenvalue weighted by Gasteiger charge is 2.17. The van der Waals surface area contributed by atoms with E-state index in [4.69, 9.17) is 5.26 Å². The fourth-order valence-corrected chi connectivity index (χ4v) is 3.00. The highest BCUT2D eigenvalue weighted by atomic mass is 79.9. The standard InChI is InChI=1S/C10H9BrN2O3S2/c1-16-10(15)9-6(4-7(11)18-9)13-8(14)5-17-3-2-12/h4H,3,5H2,1H3,(H,13,14). The Balaban J connectivity index is 2.69. The maximum Gasteiger partial charge on any atom is 0.350 e. The normalized spacial score (nSPS) is 9.61. The number of carbonyl (C=O) groups excluding carboxylic acids is 2. The number of hydrogen-bond acceptors (Lipinski definition) is 6. The van der Waals surface area contributed by atoms with E-state index >= 15 is 0 Å². The molecular formula is C10H9BrN2O3S2. The van der Waals surface area contributed by atoms with E-state index in [9.17, 15) is 9.59 Å². The number of anilines is 1. The third-order valence-electron chi connectivity index (χ3n) is 1.75. The molecule has 0 spiro atoms. The molecule has 0 aliphatic rings. The Hall–Kier alpha value is -1.04. The number of nitriles is 1. The molecule has 0 aliphatic heterocycles. The number of thioether (sulfide) groups is 1. The number of amides is 1. The summed E-state index contributed by atoms with van der Waals surface area (Å²) in [5.74, 6) is -0.330. The van der Waals surface area contributed by atoms with Crippen LogP contribution in [0.4, 0.5) is 5.69 Å². The first kappa shape index (κ1) is 15.0. The predicted octanol–water partition coefficient (Wildman–Crippen LogP) is 2.49. The van der Waals surface area contributed by atoms with Crippen LogP contribution in [0.5, 0.6) is 0 Å². The second-order valence-corrected chi connectivity index (χ2v) is 6.40. The summed E-state index contributed by atoms with van der Waals surface area (Å²) in [5, 5.41) is 11.0. The number of halogens is 1. The maximum absolute atomic E-state index is 11.6. The molecule has 0 aromatic carbocycles. The summed E-state index contributed by atoms with van der Waals surface area (Å²) in [4.78, 5) is 23.3. The molecule has 0 radical (unpaired) electrons. The van der Waals surface area contributed by atoms with Crippen molar-refractivity contribution in [1.82, 2.24) is 0 Å². The molecule has 1 N–H and O–H groups in total. The molecule has 1 heterocycles. The minimum Gasteiger partial charge on any atom is -0.465 e. The monoisotopic (exact) mass is 348 g/mol. The Labute approximate surface area is 121 Å². The Kier molecular flexibility index (Phi) is 6.18. The minimum absolute atomic E-state index is 0.168. The molecule has 1 aromatic rings. The van der Waals surface area contributed by atoms with Crippen LogP contribution < -0.4 is 5.32 Å². The highest BCUT2D eigenvalue weighted by molar-refractivity contribution is 9.11. The molecule has 18 heavy (non-hydrogen) atoms. The molecule has 1 amide bonds. The fraction of sp³-hybridized carbons (Fsp3) is 0.300. The zero-order valence-electron chi connectivity index (χ0n) is 9.36. The average Bonchev–Trinajstić information content (AvgIpc) is 2.69. The van der Waals surface area contributed by atoms with Crippen molar-refractivity contribution >= 4 is 56.6 Å². The van der Waals surface area contributed by atoms with Gasteiger partial charge in [0.25, 0.3) is 0 Å². The number of nitrogens with zero attached hydrogens (tertiary/aromatic N) is 1. The number of carbonyl (C=O) groups is 2. The van der Waals surface area contributed by atoms with Gasteiger partial charge in [-0.15, -0.1) is 23.1 Å². The number of methoxy groups -OCH3 is 1. The lowest BCUT2D eigenvalue weighted by Gasteiger charge is -2.04. The number of rotatable bonds is 5. The molecule has 0 bridgehead atoms. The summed E-state index contributed by atoms with van der Waals surface area (Å²) in [5.41, 5.74) is 0.418. The predicted molar refractivity (Wildman–Crippen MR) is 74.9 cm³/mol. The first-order chi connectivity index (χ1) is 8.58. The van der Waals surface area contributed by atoms with Crippen molar-refractivity contribution in [3.8, 4) is 6.07 Å². The quantitative estimate of drug-likeness (QED) is 0.653. The third kappa shape index (κ3) is 4.33. The lowest BCUT2D eigenvalue weighted by molar-refractivity contribution is -0.113. The SMILES string of the molecule is COC(=O)c1sc(Br)cc1NC(=O)CSCC#N. The largest absolute Gasteiger partial charge is 0.465 e. The summed E-state index contributed by atoms with van der Waals surface area (Å²) < 4.78 is 5.35. The van der Waals surface area contributed by atoms with E-state index in [-0.39, 0.29) is 17.4 Å². The van der Waals surface area contributed by atoms with E-state index in [0.717, 1.165) is 3.79 Å². The molecule has 0 unspecified atom stereocenters. The van der Waals surface area contributed by atoms with Crippen molar-refractivity contribution in [3.63, 3.8) is 0 Å². The Bertz CT molecular complexity index is 496. The third-order valence-corrected chi connectivity index (χ3v) is 4.16. The second-order valence-electron chi connectivity index (χ2n) is 2.98. The van der Waals surface area contributed by atoms with Gasteiger partial charge in [-0.1, -0.05) is 0 Å². The zero-order valence-corrected chi connectivity index (χ0v) is 12.6. The lowest BCUT2D eigenvalue weighted by Crippen LogP contribution is -2.15. The Morgan fingerprint density at radius 1 is 1.67 bits per heavy atom. The molecule has 1 aromatic heterocycles. The van der Waals surface area contributed by atoms with Gasteiger partial charge in [-0.25, -0.2) is 4.79 Å². The smallest absolute Gasteiger partial charge is 0.350 e. The van der Waals surface area contributed by atoms with Gasteiger partial charge in [0.05, 0.1) is 34.2 Å². The van der Waals surface area contributed by atoms with Crippen LogP contribution in [0.1, 0.15) is 9.67 Å². The molecule has 0 saturated carbocycles. The van der Waals surface area contributed by atoms with Crippen LogP contribution >= 0.6 is 39.0 Å². The summed E-state index contributed by atoms with van der Waals surface area (Å²) >= 11 is 5.64. The van der Waals surface area contributed by atoms with Crippen molar-refractivity contribution in [2.24, 2.45) is 0 Å². The van der Waals surface area contributed by atoms with Crippen LogP contribution in [0.3, 0.4) is 0 Å². The van der Waals surface area contributed by atoms with Gasteiger partial charge in [-0.05, 0) is 22.0 Å². The van der Waals surface area contributed by atoms with Gasteiger partial charge in [0.1, 0.15) is 4.88 Å². The van der Waals surface area contributed by atoms with Crippen LogP contribution in [0.15, 0.2) is 9.85 Å². The van der Waals surface area contributed by atoms with Crippen molar-refractivity contribution in [2.75, 3.05) is 23.9 Å². The molecule has 0 saturated heterocycles. The topological polar surface area (TPSA) is 79.2 Å². The molecule has 96 valence electrons. The number of nitrogens with one attached hydrogen (secondary N) is 1. The first-order valence-corrected chi connectivity index (χ1v) is 7.47. The number of thiophene rings is 1.